The Hall–Kier alpha value is -3.04. The molecule has 1 amide bonds. The van der Waals surface area contributed by atoms with E-state index in [1.165, 1.54) is 17.0 Å². The van der Waals surface area contributed by atoms with Gasteiger partial charge < -0.3 is 14.4 Å². The number of anilines is 1. The van der Waals surface area contributed by atoms with Crippen molar-refractivity contribution < 1.29 is 22.7 Å². The van der Waals surface area contributed by atoms with Gasteiger partial charge in [-0.1, -0.05) is 46.3 Å². The fraction of sp³-hybridized carbons (Fsp3) is 0.208. The normalized spacial score (nSPS) is 11.0. The summed E-state index contributed by atoms with van der Waals surface area (Å²) in [4.78, 5) is 14.7. The molecule has 0 aliphatic rings. The Bertz CT molecular complexity index is 1220. The molecule has 3 rings (SSSR count). The second-order valence-electron chi connectivity index (χ2n) is 7.24. The lowest BCUT2D eigenvalue weighted by Gasteiger charge is -2.27. The van der Waals surface area contributed by atoms with Crippen molar-refractivity contribution in [1.29, 1.82) is 0 Å². The molecule has 174 valence electrons. The SMILES string of the molecule is COc1ccc(CN(C)C(=O)CN(c2cccc(Br)c2)S(=O)(=O)c2ccccc2)cc1OC. The highest BCUT2D eigenvalue weighted by Crippen LogP contribution is 2.29. The number of benzene rings is 3. The van der Waals surface area contributed by atoms with Crippen LogP contribution in [0, 0.1) is 0 Å². The van der Waals surface area contributed by atoms with Crippen LogP contribution in [-0.4, -0.2) is 47.0 Å². The van der Waals surface area contributed by atoms with Crippen molar-refractivity contribution in [3.8, 4) is 11.5 Å². The van der Waals surface area contributed by atoms with Crippen LogP contribution in [0.5, 0.6) is 11.5 Å². The number of methoxy groups -OCH3 is 2. The van der Waals surface area contributed by atoms with E-state index < -0.39 is 10.0 Å². The summed E-state index contributed by atoms with van der Waals surface area (Å²) in [7, 11) is 0.764. The predicted molar refractivity (Wildman–Crippen MR) is 131 cm³/mol. The zero-order valence-electron chi connectivity index (χ0n) is 18.6. The molecule has 33 heavy (non-hydrogen) atoms. The zero-order valence-corrected chi connectivity index (χ0v) is 21.0. The molecule has 3 aromatic carbocycles. The predicted octanol–water partition coefficient (Wildman–Crippen LogP) is 4.32. The third-order valence-electron chi connectivity index (χ3n) is 5.00. The summed E-state index contributed by atoms with van der Waals surface area (Å²) < 4.78 is 39.3. The van der Waals surface area contributed by atoms with E-state index in [0.29, 0.717) is 21.7 Å². The van der Waals surface area contributed by atoms with Gasteiger partial charge in [-0.2, -0.15) is 0 Å². The number of rotatable bonds is 9. The van der Waals surface area contributed by atoms with Gasteiger partial charge in [0.25, 0.3) is 10.0 Å². The van der Waals surface area contributed by atoms with Crippen LogP contribution in [0.2, 0.25) is 0 Å². The molecule has 0 radical (unpaired) electrons. The molecule has 0 bridgehead atoms. The van der Waals surface area contributed by atoms with Gasteiger partial charge in [0.1, 0.15) is 6.54 Å². The number of hydrogen-bond donors (Lipinski definition) is 0. The number of hydrogen-bond acceptors (Lipinski definition) is 5. The molecule has 0 aliphatic heterocycles. The van der Waals surface area contributed by atoms with Crippen molar-refractivity contribution in [2.24, 2.45) is 0 Å². The standard InChI is InChI=1S/C24H25BrN2O5S/c1-26(16-18-12-13-22(31-2)23(14-18)32-3)24(28)17-27(20-9-7-8-19(25)15-20)33(29,30)21-10-5-4-6-11-21/h4-15H,16-17H2,1-3H3. The first-order valence-corrected chi connectivity index (χ1v) is 12.3. The summed E-state index contributed by atoms with van der Waals surface area (Å²) in [6.45, 7) is -0.0750. The Labute approximate surface area is 202 Å². The Morgan fingerprint density at radius 2 is 1.61 bits per heavy atom. The highest BCUT2D eigenvalue weighted by Gasteiger charge is 2.28. The first-order valence-electron chi connectivity index (χ1n) is 10.0. The van der Waals surface area contributed by atoms with Crippen LogP contribution < -0.4 is 13.8 Å². The van der Waals surface area contributed by atoms with Gasteiger partial charge in [0.05, 0.1) is 24.8 Å². The fourth-order valence-electron chi connectivity index (χ4n) is 3.25. The number of likely N-dealkylation sites (N-methyl/N-ethyl adjacent to an activating group) is 1. The van der Waals surface area contributed by atoms with E-state index >= 15 is 0 Å². The highest BCUT2D eigenvalue weighted by atomic mass is 79.9. The van der Waals surface area contributed by atoms with Crippen molar-refractivity contribution in [3.63, 3.8) is 0 Å². The number of sulfonamides is 1. The molecule has 0 unspecified atom stereocenters. The number of ether oxygens (including phenoxy) is 2. The largest absolute Gasteiger partial charge is 0.493 e. The van der Waals surface area contributed by atoms with Gasteiger partial charge in [-0.05, 0) is 48.0 Å². The minimum Gasteiger partial charge on any atom is -0.493 e. The molecule has 0 saturated carbocycles. The zero-order chi connectivity index (χ0) is 24.0. The van der Waals surface area contributed by atoms with E-state index in [0.717, 1.165) is 9.87 Å². The van der Waals surface area contributed by atoms with Crippen LogP contribution in [0.1, 0.15) is 5.56 Å². The van der Waals surface area contributed by atoms with Gasteiger partial charge in [0, 0.05) is 18.1 Å². The van der Waals surface area contributed by atoms with Crippen molar-refractivity contribution in [1.82, 2.24) is 4.90 Å². The van der Waals surface area contributed by atoms with Gasteiger partial charge in [0.2, 0.25) is 5.91 Å². The second kappa shape index (κ2) is 10.7. The monoisotopic (exact) mass is 532 g/mol. The summed E-state index contributed by atoms with van der Waals surface area (Å²) in [5.41, 5.74) is 1.21. The van der Waals surface area contributed by atoms with E-state index in [9.17, 15) is 13.2 Å². The van der Waals surface area contributed by atoms with Crippen molar-refractivity contribution in [3.05, 3.63) is 82.8 Å². The van der Waals surface area contributed by atoms with Crippen LogP contribution in [0.4, 0.5) is 5.69 Å². The van der Waals surface area contributed by atoms with Crippen molar-refractivity contribution in [2.75, 3.05) is 32.1 Å². The third-order valence-corrected chi connectivity index (χ3v) is 7.28. The summed E-state index contributed by atoms with van der Waals surface area (Å²) in [5.74, 6) is 0.785. The maximum Gasteiger partial charge on any atom is 0.264 e. The van der Waals surface area contributed by atoms with Crippen molar-refractivity contribution >= 4 is 37.5 Å². The Morgan fingerprint density at radius 3 is 2.24 bits per heavy atom. The molecular weight excluding hydrogens is 508 g/mol. The minimum absolute atomic E-state index is 0.111. The highest BCUT2D eigenvalue weighted by molar-refractivity contribution is 9.10. The molecule has 0 heterocycles. The number of carbonyl (C=O) groups is 1. The Kier molecular flexibility index (Phi) is 7.99. The molecule has 0 fully saturated rings. The molecule has 0 aromatic heterocycles. The number of halogens is 1. The quantitative estimate of drug-likeness (QED) is 0.410. The second-order valence-corrected chi connectivity index (χ2v) is 10.0. The maximum absolute atomic E-state index is 13.4. The van der Waals surface area contributed by atoms with E-state index in [1.807, 2.05) is 6.07 Å². The van der Waals surface area contributed by atoms with Crippen LogP contribution in [-0.2, 0) is 21.4 Å². The average Bonchev–Trinajstić information content (AvgIpc) is 2.82. The van der Waals surface area contributed by atoms with E-state index in [-0.39, 0.29) is 23.9 Å². The molecule has 9 heteroatoms. The van der Waals surface area contributed by atoms with Crippen LogP contribution in [0.25, 0.3) is 0 Å². The number of amides is 1. The van der Waals surface area contributed by atoms with Gasteiger partial charge in [-0.15, -0.1) is 0 Å². The molecule has 7 nitrogen and oxygen atoms in total. The first kappa shape index (κ1) is 24.6. The van der Waals surface area contributed by atoms with Gasteiger partial charge >= 0.3 is 0 Å². The topological polar surface area (TPSA) is 76.2 Å². The van der Waals surface area contributed by atoms with Gasteiger partial charge in [-0.25, -0.2) is 8.42 Å². The summed E-state index contributed by atoms with van der Waals surface area (Å²) in [5, 5.41) is 0. The molecule has 0 saturated heterocycles. The molecule has 0 spiro atoms. The Morgan fingerprint density at radius 1 is 0.909 bits per heavy atom. The molecule has 0 atom stereocenters. The lowest BCUT2D eigenvalue weighted by Crippen LogP contribution is -2.41. The lowest BCUT2D eigenvalue weighted by atomic mass is 10.2. The molecular formula is C24H25BrN2O5S. The molecule has 3 aromatic rings. The third kappa shape index (κ3) is 5.85. The fourth-order valence-corrected chi connectivity index (χ4v) is 5.06. The summed E-state index contributed by atoms with van der Waals surface area (Å²) in [6, 6.07) is 20.3. The lowest BCUT2D eigenvalue weighted by molar-refractivity contribution is -0.128. The van der Waals surface area contributed by atoms with Crippen LogP contribution >= 0.6 is 15.9 Å². The van der Waals surface area contributed by atoms with Crippen LogP contribution in [0.3, 0.4) is 0 Å². The number of nitrogens with zero attached hydrogens (tertiary/aromatic N) is 2. The van der Waals surface area contributed by atoms with Crippen LogP contribution in [0.15, 0.2) is 82.2 Å². The smallest absolute Gasteiger partial charge is 0.264 e. The maximum atomic E-state index is 13.4. The first-order chi connectivity index (χ1) is 15.8. The van der Waals surface area contributed by atoms with E-state index in [2.05, 4.69) is 15.9 Å². The van der Waals surface area contributed by atoms with E-state index in [1.54, 1.807) is 75.9 Å². The molecule has 0 N–H and O–H groups in total. The minimum atomic E-state index is -3.96. The van der Waals surface area contributed by atoms with Crippen molar-refractivity contribution in [2.45, 2.75) is 11.4 Å². The van der Waals surface area contributed by atoms with Gasteiger partial charge in [0.15, 0.2) is 11.5 Å². The summed E-state index contributed by atoms with van der Waals surface area (Å²) >= 11 is 3.38. The van der Waals surface area contributed by atoms with E-state index in [4.69, 9.17) is 9.47 Å². The Balaban J connectivity index is 1.87. The number of carbonyl (C=O) groups excluding carboxylic acids is 1. The molecule has 0 aliphatic carbocycles. The average molecular weight is 533 g/mol. The summed E-state index contributed by atoms with van der Waals surface area (Å²) in [6.07, 6.45) is 0. The van der Waals surface area contributed by atoms with Gasteiger partial charge in [-0.3, -0.25) is 9.10 Å².